The summed E-state index contributed by atoms with van der Waals surface area (Å²) >= 11 is 0. The van der Waals surface area contributed by atoms with Gasteiger partial charge in [-0.15, -0.1) is 24.0 Å². The van der Waals surface area contributed by atoms with E-state index in [1.54, 1.807) is 12.1 Å². The number of nitrogens with two attached hydrogens (primary N) is 1. The van der Waals surface area contributed by atoms with E-state index < -0.39 is 9.84 Å². The highest BCUT2D eigenvalue weighted by molar-refractivity contribution is 14.0. The smallest absolute Gasteiger partial charge is 0.191 e. The lowest BCUT2D eigenvalue weighted by Gasteiger charge is -2.19. The van der Waals surface area contributed by atoms with Crippen LogP contribution in [0.3, 0.4) is 0 Å². The molecule has 0 saturated heterocycles. The molecule has 7 heteroatoms. The number of nitrogens with zero attached hydrogens (tertiary/aromatic N) is 2. The van der Waals surface area contributed by atoms with Crippen molar-refractivity contribution in [1.29, 1.82) is 0 Å². The first kappa shape index (κ1) is 23.2. The number of halogens is 1. The highest BCUT2D eigenvalue weighted by Gasteiger charge is 2.17. The highest BCUT2D eigenvalue weighted by Crippen LogP contribution is 2.23. The lowest BCUT2D eigenvalue weighted by atomic mass is 9.87. The van der Waals surface area contributed by atoms with Crippen LogP contribution >= 0.6 is 24.0 Å². The van der Waals surface area contributed by atoms with Crippen LogP contribution in [-0.2, 0) is 15.3 Å². The summed E-state index contributed by atoms with van der Waals surface area (Å²) in [7, 11) is -3.34. The summed E-state index contributed by atoms with van der Waals surface area (Å²) in [5.41, 5.74) is 6.97. The standard InChI is InChI=1S/C17H29N3O2S.HI/c1-6-20(7-2)16(18)19-12-13-23(21,22)15-10-8-14(9-11-15)17(3,4)5;/h8-11H,6-7,12-13H2,1-5H3,(H2,18,19);1H. The molecule has 0 saturated carbocycles. The van der Waals surface area contributed by atoms with Crippen molar-refractivity contribution in [3.63, 3.8) is 0 Å². The molecule has 138 valence electrons. The second-order valence-electron chi connectivity index (χ2n) is 6.51. The topological polar surface area (TPSA) is 75.8 Å². The molecule has 0 heterocycles. The van der Waals surface area contributed by atoms with E-state index in [1.807, 2.05) is 30.9 Å². The summed E-state index contributed by atoms with van der Waals surface area (Å²) in [5, 5.41) is 0. The SMILES string of the molecule is CCN(CC)C(N)=NCCS(=O)(=O)c1ccc(C(C)(C)C)cc1.I. The first-order valence-electron chi connectivity index (χ1n) is 8.00. The Hall–Kier alpha value is -0.830. The molecule has 5 nitrogen and oxygen atoms in total. The average molecular weight is 467 g/mol. The number of benzene rings is 1. The van der Waals surface area contributed by atoms with Crippen molar-refractivity contribution in [3.8, 4) is 0 Å². The first-order chi connectivity index (χ1) is 10.6. The van der Waals surface area contributed by atoms with Crippen molar-refractivity contribution < 1.29 is 8.42 Å². The number of hydrogen-bond acceptors (Lipinski definition) is 3. The van der Waals surface area contributed by atoms with Crippen LogP contribution in [0.25, 0.3) is 0 Å². The third kappa shape index (κ3) is 6.58. The minimum Gasteiger partial charge on any atom is -0.370 e. The van der Waals surface area contributed by atoms with E-state index in [9.17, 15) is 8.42 Å². The van der Waals surface area contributed by atoms with E-state index in [-0.39, 0.29) is 41.7 Å². The van der Waals surface area contributed by atoms with Crippen LogP contribution in [-0.4, -0.2) is 44.7 Å². The maximum Gasteiger partial charge on any atom is 0.191 e. The lowest BCUT2D eigenvalue weighted by Crippen LogP contribution is -2.37. The molecule has 24 heavy (non-hydrogen) atoms. The van der Waals surface area contributed by atoms with Gasteiger partial charge in [0.2, 0.25) is 0 Å². The Morgan fingerprint density at radius 1 is 1.12 bits per heavy atom. The summed E-state index contributed by atoms with van der Waals surface area (Å²) in [5.74, 6) is 0.359. The van der Waals surface area contributed by atoms with Gasteiger partial charge in [0.25, 0.3) is 0 Å². The first-order valence-corrected chi connectivity index (χ1v) is 9.65. The molecule has 1 aromatic rings. The maximum atomic E-state index is 12.4. The van der Waals surface area contributed by atoms with Gasteiger partial charge in [0.05, 0.1) is 17.2 Å². The third-order valence-corrected chi connectivity index (χ3v) is 5.51. The van der Waals surface area contributed by atoms with E-state index in [4.69, 9.17) is 5.73 Å². The van der Waals surface area contributed by atoms with Crippen molar-refractivity contribution in [1.82, 2.24) is 4.90 Å². The molecule has 0 fully saturated rings. The van der Waals surface area contributed by atoms with E-state index in [0.29, 0.717) is 10.9 Å². The van der Waals surface area contributed by atoms with Gasteiger partial charge in [-0.2, -0.15) is 0 Å². The molecule has 0 amide bonds. The molecular weight excluding hydrogens is 437 g/mol. The van der Waals surface area contributed by atoms with Crippen LogP contribution in [0.15, 0.2) is 34.2 Å². The fraction of sp³-hybridized carbons (Fsp3) is 0.588. The maximum absolute atomic E-state index is 12.4. The summed E-state index contributed by atoms with van der Waals surface area (Å²) in [6.45, 7) is 12.0. The van der Waals surface area contributed by atoms with Gasteiger partial charge < -0.3 is 10.6 Å². The fourth-order valence-electron chi connectivity index (χ4n) is 2.21. The number of rotatable bonds is 6. The number of sulfone groups is 1. The Morgan fingerprint density at radius 3 is 2.04 bits per heavy atom. The van der Waals surface area contributed by atoms with Gasteiger partial charge in [-0.3, -0.25) is 4.99 Å². The van der Waals surface area contributed by atoms with E-state index in [2.05, 4.69) is 25.8 Å². The van der Waals surface area contributed by atoms with Crippen LogP contribution in [0.1, 0.15) is 40.2 Å². The Balaban J connectivity index is 0.00000529. The van der Waals surface area contributed by atoms with Gasteiger partial charge in [-0.25, -0.2) is 8.42 Å². The molecule has 0 unspecified atom stereocenters. The van der Waals surface area contributed by atoms with Crippen molar-refractivity contribution in [2.75, 3.05) is 25.4 Å². The zero-order valence-corrected chi connectivity index (χ0v) is 18.4. The Labute approximate surface area is 163 Å². The van der Waals surface area contributed by atoms with Gasteiger partial charge in [-0.1, -0.05) is 32.9 Å². The minimum atomic E-state index is -3.34. The molecule has 0 spiro atoms. The zero-order chi connectivity index (χ0) is 17.7. The average Bonchev–Trinajstić information content (AvgIpc) is 2.47. The second-order valence-corrected chi connectivity index (χ2v) is 8.61. The Morgan fingerprint density at radius 2 is 1.62 bits per heavy atom. The quantitative estimate of drug-likeness (QED) is 0.397. The Bertz CT molecular complexity index is 631. The predicted octanol–water partition coefficient (Wildman–Crippen LogP) is 3.03. The van der Waals surface area contributed by atoms with Crippen LogP contribution in [0.2, 0.25) is 0 Å². The molecule has 1 aromatic carbocycles. The van der Waals surface area contributed by atoms with E-state index in [0.717, 1.165) is 18.7 Å². The zero-order valence-electron chi connectivity index (χ0n) is 15.2. The van der Waals surface area contributed by atoms with Crippen molar-refractivity contribution in [3.05, 3.63) is 29.8 Å². The Kier molecular flexibility index (Phi) is 9.27. The molecule has 0 aliphatic rings. The second kappa shape index (κ2) is 9.60. The van der Waals surface area contributed by atoms with E-state index >= 15 is 0 Å². The molecule has 0 aliphatic carbocycles. The minimum absolute atomic E-state index is 0. The molecule has 2 N–H and O–H groups in total. The van der Waals surface area contributed by atoms with Gasteiger partial charge in [0, 0.05) is 13.1 Å². The molecule has 0 bridgehead atoms. The molecule has 0 atom stereocenters. The highest BCUT2D eigenvalue weighted by atomic mass is 127. The van der Waals surface area contributed by atoms with Crippen molar-refractivity contribution in [2.24, 2.45) is 10.7 Å². The summed E-state index contributed by atoms with van der Waals surface area (Å²) in [6.07, 6.45) is 0. The molecular formula is C17H30IN3O2S. The van der Waals surface area contributed by atoms with Gasteiger partial charge in [-0.05, 0) is 37.0 Å². The normalized spacial score (nSPS) is 12.6. The van der Waals surface area contributed by atoms with Gasteiger partial charge in [0.15, 0.2) is 15.8 Å². The summed E-state index contributed by atoms with van der Waals surface area (Å²) < 4.78 is 24.7. The number of aliphatic imine (C=N–C) groups is 1. The predicted molar refractivity (Wildman–Crippen MR) is 112 cm³/mol. The van der Waals surface area contributed by atoms with Crippen molar-refractivity contribution in [2.45, 2.75) is 44.9 Å². The van der Waals surface area contributed by atoms with Gasteiger partial charge >= 0.3 is 0 Å². The van der Waals surface area contributed by atoms with Crippen LogP contribution in [0.4, 0.5) is 0 Å². The van der Waals surface area contributed by atoms with E-state index in [1.165, 1.54) is 0 Å². The third-order valence-electron chi connectivity index (χ3n) is 3.80. The fourth-order valence-corrected chi connectivity index (χ4v) is 3.33. The molecule has 1 rings (SSSR count). The van der Waals surface area contributed by atoms with Crippen LogP contribution in [0, 0.1) is 0 Å². The molecule has 0 radical (unpaired) electrons. The largest absolute Gasteiger partial charge is 0.370 e. The molecule has 0 aliphatic heterocycles. The summed E-state index contributed by atoms with van der Waals surface area (Å²) in [6, 6.07) is 7.10. The van der Waals surface area contributed by atoms with Crippen LogP contribution in [0.5, 0.6) is 0 Å². The lowest BCUT2D eigenvalue weighted by molar-refractivity contribution is 0.458. The summed E-state index contributed by atoms with van der Waals surface area (Å²) in [4.78, 5) is 6.40. The number of guanidine groups is 1. The van der Waals surface area contributed by atoms with Crippen LogP contribution < -0.4 is 5.73 Å². The monoisotopic (exact) mass is 467 g/mol. The van der Waals surface area contributed by atoms with Gasteiger partial charge in [0.1, 0.15) is 0 Å². The molecule has 0 aromatic heterocycles. The number of hydrogen-bond donors (Lipinski definition) is 1. The van der Waals surface area contributed by atoms with Crippen molar-refractivity contribution >= 4 is 39.8 Å².